The molecular weight excluding hydrogens is 562 g/mol. The van der Waals surface area contributed by atoms with Crippen LogP contribution in [-0.2, 0) is 0 Å². The van der Waals surface area contributed by atoms with Gasteiger partial charge < -0.3 is 0 Å². The van der Waals surface area contributed by atoms with Crippen LogP contribution < -0.4 is 0 Å². The Balaban J connectivity index is 1.22. The van der Waals surface area contributed by atoms with Crippen LogP contribution in [0.15, 0.2) is 164 Å². The van der Waals surface area contributed by atoms with Gasteiger partial charge in [-0.2, -0.15) is 0 Å². The van der Waals surface area contributed by atoms with E-state index in [1.54, 1.807) is 6.33 Å². The summed E-state index contributed by atoms with van der Waals surface area (Å²) in [6, 6.07) is 50.2. The first kappa shape index (κ1) is 27.2. The third kappa shape index (κ3) is 5.31. The fourth-order valence-electron chi connectivity index (χ4n) is 5.84. The maximum Gasteiger partial charge on any atom is 0.164 e. The van der Waals surface area contributed by atoms with Crippen molar-refractivity contribution in [1.29, 1.82) is 0 Å². The van der Waals surface area contributed by atoms with E-state index in [0.717, 1.165) is 38.9 Å². The molecule has 6 aromatic carbocycles. The number of rotatable bonds is 6. The van der Waals surface area contributed by atoms with E-state index in [1.165, 1.54) is 21.9 Å². The zero-order valence-electron chi connectivity index (χ0n) is 24.8. The molecule has 0 aliphatic rings. The molecular formula is C41H27N5. The molecule has 0 amide bonds. The smallest absolute Gasteiger partial charge is 0.164 e. The highest BCUT2D eigenvalue weighted by Crippen LogP contribution is 2.39. The minimum Gasteiger partial charge on any atom is -0.244 e. The van der Waals surface area contributed by atoms with E-state index in [0.29, 0.717) is 17.5 Å². The van der Waals surface area contributed by atoms with Gasteiger partial charge in [0.25, 0.3) is 0 Å². The number of hydrogen-bond acceptors (Lipinski definition) is 5. The Morgan fingerprint density at radius 1 is 0.326 bits per heavy atom. The van der Waals surface area contributed by atoms with E-state index in [9.17, 15) is 0 Å². The van der Waals surface area contributed by atoms with E-state index in [-0.39, 0.29) is 0 Å². The molecule has 0 spiro atoms. The number of nitrogens with zero attached hydrogens (tertiary/aromatic N) is 5. The number of aromatic nitrogens is 5. The Labute approximate surface area is 267 Å². The minimum absolute atomic E-state index is 0.637. The fraction of sp³-hybridized carbons (Fsp3) is 0. The molecule has 5 nitrogen and oxygen atoms in total. The van der Waals surface area contributed by atoms with Crippen LogP contribution in [0, 0.1) is 0 Å². The molecule has 2 aromatic heterocycles. The van der Waals surface area contributed by atoms with E-state index in [2.05, 4.69) is 94.9 Å². The summed E-state index contributed by atoms with van der Waals surface area (Å²) < 4.78 is 0. The summed E-state index contributed by atoms with van der Waals surface area (Å²) in [7, 11) is 0. The van der Waals surface area contributed by atoms with E-state index in [1.807, 2.05) is 73.1 Å². The largest absolute Gasteiger partial charge is 0.244 e. The quantitative estimate of drug-likeness (QED) is 0.193. The molecule has 8 aromatic rings. The van der Waals surface area contributed by atoms with Crippen molar-refractivity contribution in [2.75, 3.05) is 0 Å². The first-order valence-corrected chi connectivity index (χ1v) is 15.2. The standard InChI is InChI=1S/C41H27N5/c1-3-10-32(11-4-1)39-44-40(33-12-5-2-6-13-33)46-41(45-39)34-21-19-31(20-22-34)38-36-14-8-7-9-29(36)23-24-37(38)30-17-15-28(16-18-30)35-25-42-27-43-26-35/h1-27H. The predicted molar refractivity (Wildman–Crippen MR) is 186 cm³/mol. The third-order valence-electron chi connectivity index (χ3n) is 8.15. The maximum absolute atomic E-state index is 4.92. The van der Waals surface area contributed by atoms with Crippen molar-refractivity contribution in [3.8, 4) is 67.5 Å². The highest BCUT2D eigenvalue weighted by molar-refractivity contribution is 6.04. The lowest BCUT2D eigenvalue weighted by molar-refractivity contribution is 1.07. The van der Waals surface area contributed by atoms with Gasteiger partial charge >= 0.3 is 0 Å². The van der Waals surface area contributed by atoms with Crippen LogP contribution in [0.4, 0.5) is 0 Å². The molecule has 2 heterocycles. The second-order valence-electron chi connectivity index (χ2n) is 11.0. The van der Waals surface area contributed by atoms with Gasteiger partial charge in [0.2, 0.25) is 0 Å². The molecule has 0 saturated heterocycles. The van der Waals surface area contributed by atoms with Crippen LogP contribution in [0.25, 0.3) is 78.3 Å². The highest BCUT2D eigenvalue weighted by atomic mass is 15.0. The van der Waals surface area contributed by atoms with Gasteiger partial charge in [0.15, 0.2) is 17.5 Å². The average Bonchev–Trinajstić information content (AvgIpc) is 3.15. The Bertz CT molecular complexity index is 2210. The summed E-state index contributed by atoms with van der Waals surface area (Å²) in [5.74, 6) is 1.93. The zero-order valence-corrected chi connectivity index (χ0v) is 24.8. The molecule has 0 aliphatic carbocycles. The third-order valence-corrected chi connectivity index (χ3v) is 8.15. The minimum atomic E-state index is 0.637. The van der Waals surface area contributed by atoms with Gasteiger partial charge in [-0.25, -0.2) is 24.9 Å². The SMILES string of the molecule is c1ccc(-c2nc(-c3ccccc3)nc(-c3ccc(-c4c(-c5ccc(-c6cncnc6)cc5)ccc5ccccc45)cc3)n2)cc1. The molecule has 0 fully saturated rings. The molecule has 5 heteroatoms. The predicted octanol–water partition coefficient (Wildman–Crippen LogP) is 9.82. The summed E-state index contributed by atoms with van der Waals surface area (Å²) >= 11 is 0. The molecule has 0 saturated carbocycles. The summed E-state index contributed by atoms with van der Waals surface area (Å²) in [6.45, 7) is 0. The summed E-state index contributed by atoms with van der Waals surface area (Å²) in [5, 5.41) is 2.40. The molecule has 216 valence electrons. The second-order valence-corrected chi connectivity index (χ2v) is 11.0. The zero-order chi connectivity index (χ0) is 30.7. The van der Waals surface area contributed by atoms with Gasteiger partial charge in [0, 0.05) is 34.6 Å². The summed E-state index contributed by atoms with van der Waals surface area (Å²) in [4.78, 5) is 23.0. The molecule has 8 rings (SSSR count). The van der Waals surface area contributed by atoms with Gasteiger partial charge in [0.1, 0.15) is 6.33 Å². The Morgan fingerprint density at radius 3 is 1.41 bits per heavy atom. The Morgan fingerprint density at radius 2 is 0.804 bits per heavy atom. The van der Waals surface area contributed by atoms with E-state index >= 15 is 0 Å². The van der Waals surface area contributed by atoms with Crippen molar-refractivity contribution in [2.24, 2.45) is 0 Å². The topological polar surface area (TPSA) is 64.5 Å². The van der Waals surface area contributed by atoms with Crippen LogP contribution in [0.2, 0.25) is 0 Å². The molecule has 46 heavy (non-hydrogen) atoms. The van der Waals surface area contributed by atoms with Gasteiger partial charge in [-0.1, -0.05) is 146 Å². The fourth-order valence-corrected chi connectivity index (χ4v) is 5.84. The summed E-state index contributed by atoms with van der Waals surface area (Å²) in [5.41, 5.74) is 9.52. The maximum atomic E-state index is 4.92. The second kappa shape index (κ2) is 12.0. The molecule has 0 bridgehead atoms. The van der Waals surface area contributed by atoms with Crippen molar-refractivity contribution in [3.05, 3.63) is 164 Å². The van der Waals surface area contributed by atoms with Crippen LogP contribution in [-0.4, -0.2) is 24.9 Å². The first-order chi connectivity index (χ1) is 22.8. The van der Waals surface area contributed by atoms with Crippen LogP contribution in [0.3, 0.4) is 0 Å². The first-order valence-electron chi connectivity index (χ1n) is 15.2. The van der Waals surface area contributed by atoms with Crippen LogP contribution >= 0.6 is 0 Å². The monoisotopic (exact) mass is 589 g/mol. The van der Waals surface area contributed by atoms with Crippen LogP contribution in [0.5, 0.6) is 0 Å². The Kier molecular flexibility index (Phi) is 7.09. The molecule has 0 unspecified atom stereocenters. The lowest BCUT2D eigenvalue weighted by Crippen LogP contribution is -2.00. The van der Waals surface area contributed by atoms with E-state index in [4.69, 9.17) is 15.0 Å². The van der Waals surface area contributed by atoms with E-state index < -0.39 is 0 Å². The lowest BCUT2D eigenvalue weighted by atomic mass is 9.89. The van der Waals surface area contributed by atoms with Crippen molar-refractivity contribution < 1.29 is 0 Å². The van der Waals surface area contributed by atoms with Crippen molar-refractivity contribution in [3.63, 3.8) is 0 Å². The highest BCUT2D eigenvalue weighted by Gasteiger charge is 2.15. The summed E-state index contributed by atoms with van der Waals surface area (Å²) in [6.07, 6.45) is 5.22. The van der Waals surface area contributed by atoms with Crippen LogP contribution in [0.1, 0.15) is 0 Å². The van der Waals surface area contributed by atoms with Crippen molar-refractivity contribution >= 4 is 10.8 Å². The van der Waals surface area contributed by atoms with Gasteiger partial charge in [-0.3, -0.25) is 0 Å². The van der Waals surface area contributed by atoms with Crippen molar-refractivity contribution in [1.82, 2.24) is 24.9 Å². The van der Waals surface area contributed by atoms with Gasteiger partial charge in [-0.05, 0) is 38.6 Å². The van der Waals surface area contributed by atoms with Crippen molar-refractivity contribution in [2.45, 2.75) is 0 Å². The number of fused-ring (bicyclic) bond motifs is 1. The molecule has 0 aliphatic heterocycles. The molecule has 0 atom stereocenters. The normalized spacial score (nSPS) is 11.0. The molecule has 0 radical (unpaired) electrons. The van der Waals surface area contributed by atoms with Gasteiger partial charge in [0.05, 0.1) is 0 Å². The van der Waals surface area contributed by atoms with Gasteiger partial charge in [-0.15, -0.1) is 0 Å². The lowest BCUT2D eigenvalue weighted by Gasteiger charge is -2.15. The number of benzene rings is 6. The Hall–Kier alpha value is -6.33. The number of hydrogen-bond donors (Lipinski definition) is 0. The molecule has 0 N–H and O–H groups in total. The average molecular weight is 590 g/mol.